The average Bonchev–Trinajstić information content (AvgIpc) is 2.48. The Hall–Kier alpha value is -2.27. The van der Waals surface area contributed by atoms with Gasteiger partial charge in [0.25, 0.3) is 5.91 Å². The average molecular weight is 306 g/mol. The standard InChI is InChI=1S/C15H16ClN3O2/c1-3-17-11-4-6-13(18-9-11)15(20)19-10-5-7-14(21-2)12(16)8-10/h4-9,17H,3H2,1-2H3,(H,19,20). The van der Waals surface area contributed by atoms with Crippen LogP contribution in [0.25, 0.3) is 0 Å². The maximum Gasteiger partial charge on any atom is 0.274 e. The first-order valence-electron chi connectivity index (χ1n) is 6.49. The molecule has 2 rings (SSSR count). The van der Waals surface area contributed by atoms with Gasteiger partial charge in [0.15, 0.2) is 0 Å². The number of amides is 1. The van der Waals surface area contributed by atoms with Gasteiger partial charge in [0.1, 0.15) is 11.4 Å². The smallest absolute Gasteiger partial charge is 0.274 e. The maximum absolute atomic E-state index is 12.1. The Bertz CT molecular complexity index is 629. The van der Waals surface area contributed by atoms with Crippen LogP contribution in [0, 0.1) is 0 Å². The highest BCUT2D eigenvalue weighted by atomic mass is 35.5. The molecule has 1 aromatic carbocycles. The van der Waals surface area contributed by atoms with Gasteiger partial charge in [0.05, 0.1) is 24.0 Å². The van der Waals surface area contributed by atoms with E-state index in [2.05, 4.69) is 15.6 Å². The molecular weight excluding hydrogens is 290 g/mol. The van der Waals surface area contributed by atoms with Crippen molar-refractivity contribution in [3.63, 3.8) is 0 Å². The molecule has 110 valence electrons. The third kappa shape index (κ3) is 3.86. The number of halogens is 1. The van der Waals surface area contributed by atoms with E-state index in [0.717, 1.165) is 12.2 Å². The fraction of sp³-hybridized carbons (Fsp3) is 0.200. The summed E-state index contributed by atoms with van der Waals surface area (Å²) < 4.78 is 5.06. The van der Waals surface area contributed by atoms with Crippen LogP contribution >= 0.6 is 11.6 Å². The maximum atomic E-state index is 12.1. The lowest BCUT2D eigenvalue weighted by Gasteiger charge is -2.08. The van der Waals surface area contributed by atoms with Gasteiger partial charge in [-0.2, -0.15) is 0 Å². The zero-order chi connectivity index (χ0) is 15.2. The van der Waals surface area contributed by atoms with Gasteiger partial charge in [-0.05, 0) is 37.3 Å². The van der Waals surface area contributed by atoms with Crippen LogP contribution in [-0.2, 0) is 0 Å². The fourth-order valence-electron chi connectivity index (χ4n) is 1.78. The number of anilines is 2. The van der Waals surface area contributed by atoms with Crippen LogP contribution in [0.3, 0.4) is 0 Å². The monoisotopic (exact) mass is 305 g/mol. The van der Waals surface area contributed by atoms with Crippen LogP contribution in [0.5, 0.6) is 5.75 Å². The van der Waals surface area contributed by atoms with Crippen molar-refractivity contribution in [1.82, 2.24) is 4.98 Å². The quantitative estimate of drug-likeness (QED) is 0.888. The highest BCUT2D eigenvalue weighted by Gasteiger charge is 2.09. The van der Waals surface area contributed by atoms with Crippen molar-refractivity contribution in [1.29, 1.82) is 0 Å². The summed E-state index contributed by atoms with van der Waals surface area (Å²) in [4.78, 5) is 16.2. The summed E-state index contributed by atoms with van der Waals surface area (Å²) in [7, 11) is 1.54. The highest BCUT2D eigenvalue weighted by molar-refractivity contribution is 6.32. The molecule has 0 fully saturated rings. The Morgan fingerprint density at radius 3 is 2.62 bits per heavy atom. The van der Waals surface area contributed by atoms with E-state index in [-0.39, 0.29) is 5.91 Å². The molecule has 0 spiro atoms. The Morgan fingerprint density at radius 2 is 2.05 bits per heavy atom. The number of aromatic nitrogens is 1. The number of methoxy groups -OCH3 is 1. The summed E-state index contributed by atoms with van der Waals surface area (Å²) in [6, 6.07) is 8.52. The lowest BCUT2D eigenvalue weighted by atomic mass is 10.2. The molecule has 5 nitrogen and oxygen atoms in total. The molecule has 0 radical (unpaired) electrons. The molecule has 0 bridgehead atoms. The minimum atomic E-state index is -0.292. The minimum absolute atomic E-state index is 0.292. The molecular formula is C15H16ClN3O2. The number of pyridine rings is 1. The molecule has 2 N–H and O–H groups in total. The van der Waals surface area contributed by atoms with Crippen molar-refractivity contribution in [2.45, 2.75) is 6.92 Å². The SMILES string of the molecule is CCNc1ccc(C(=O)Nc2ccc(OC)c(Cl)c2)nc1. The summed E-state index contributed by atoms with van der Waals surface area (Å²) in [5, 5.41) is 6.29. The number of hydrogen-bond acceptors (Lipinski definition) is 4. The molecule has 1 amide bonds. The molecule has 0 atom stereocenters. The summed E-state index contributed by atoms with van der Waals surface area (Å²) in [6.45, 7) is 2.80. The second kappa shape index (κ2) is 6.95. The first-order chi connectivity index (χ1) is 10.1. The van der Waals surface area contributed by atoms with E-state index in [1.165, 1.54) is 7.11 Å². The largest absolute Gasteiger partial charge is 0.495 e. The van der Waals surface area contributed by atoms with Crippen molar-refractivity contribution in [2.24, 2.45) is 0 Å². The second-order valence-corrected chi connectivity index (χ2v) is 4.67. The van der Waals surface area contributed by atoms with Crippen LogP contribution in [-0.4, -0.2) is 24.5 Å². The summed E-state index contributed by atoms with van der Waals surface area (Å²) in [5.74, 6) is 0.266. The minimum Gasteiger partial charge on any atom is -0.495 e. The zero-order valence-electron chi connectivity index (χ0n) is 11.8. The lowest BCUT2D eigenvalue weighted by Crippen LogP contribution is -2.13. The molecule has 0 unspecified atom stereocenters. The van der Waals surface area contributed by atoms with Crippen molar-refractivity contribution in [3.05, 3.63) is 47.2 Å². The van der Waals surface area contributed by atoms with Crippen molar-refractivity contribution in [3.8, 4) is 5.75 Å². The van der Waals surface area contributed by atoms with Gasteiger partial charge in [0, 0.05) is 12.2 Å². The fourth-order valence-corrected chi connectivity index (χ4v) is 2.03. The van der Waals surface area contributed by atoms with Gasteiger partial charge in [0.2, 0.25) is 0 Å². The van der Waals surface area contributed by atoms with Gasteiger partial charge in [-0.1, -0.05) is 11.6 Å². The van der Waals surface area contributed by atoms with E-state index in [4.69, 9.17) is 16.3 Å². The second-order valence-electron chi connectivity index (χ2n) is 4.27. The highest BCUT2D eigenvalue weighted by Crippen LogP contribution is 2.27. The molecule has 0 aliphatic rings. The van der Waals surface area contributed by atoms with E-state index < -0.39 is 0 Å². The Kier molecular flexibility index (Phi) is 5.00. The number of nitrogens with one attached hydrogen (secondary N) is 2. The number of nitrogens with zero attached hydrogens (tertiary/aromatic N) is 1. The normalized spacial score (nSPS) is 10.0. The molecule has 0 saturated heterocycles. The predicted molar refractivity (Wildman–Crippen MR) is 84.4 cm³/mol. The molecule has 0 saturated carbocycles. The third-order valence-corrected chi connectivity index (χ3v) is 3.08. The number of rotatable bonds is 5. The van der Waals surface area contributed by atoms with Crippen molar-refractivity contribution in [2.75, 3.05) is 24.3 Å². The third-order valence-electron chi connectivity index (χ3n) is 2.79. The first kappa shape index (κ1) is 15.1. The van der Waals surface area contributed by atoms with Crippen LogP contribution in [0.2, 0.25) is 5.02 Å². The summed E-state index contributed by atoms with van der Waals surface area (Å²) in [5.41, 5.74) is 1.80. The van der Waals surface area contributed by atoms with Crippen LogP contribution in [0.15, 0.2) is 36.5 Å². The Morgan fingerprint density at radius 1 is 1.29 bits per heavy atom. The number of hydrogen-bond donors (Lipinski definition) is 2. The number of ether oxygens (including phenoxy) is 1. The topological polar surface area (TPSA) is 63.2 Å². The van der Waals surface area contributed by atoms with Crippen LogP contribution < -0.4 is 15.4 Å². The number of carbonyl (C=O) groups excluding carboxylic acids is 1. The molecule has 0 aliphatic heterocycles. The van der Waals surface area contributed by atoms with Gasteiger partial charge in [-0.15, -0.1) is 0 Å². The molecule has 1 heterocycles. The number of carbonyl (C=O) groups is 1. The molecule has 0 aliphatic carbocycles. The van der Waals surface area contributed by atoms with E-state index in [1.54, 1.807) is 30.5 Å². The van der Waals surface area contributed by atoms with Crippen LogP contribution in [0.4, 0.5) is 11.4 Å². The van der Waals surface area contributed by atoms with Crippen molar-refractivity contribution < 1.29 is 9.53 Å². The summed E-state index contributed by atoms with van der Waals surface area (Å²) in [6.07, 6.45) is 1.62. The van der Waals surface area contributed by atoms with Crippen molar-refractivity contribution >= 4 is 28.9 Å². The van der Waals surface area contributed by atoms with Crippen LogP contribution in [0.1, 0.15) is 17.4 Å². The van der Waals surface area contributed by atoms with E-state index in [9.17, 15) is 4.79 Å². The van der Waals surface area contributed by atoms with Gasteiger partial charge in [-0.3, -0.25) is 4.79 Å². The van der Waals surface area contributed by atoms with Gasteiger partial charge < -0.3 is 15.4 Å². The molecule has 2 aromatic rings. The lowest BCUT2D eigenvalue weighted by molar-refractivity contribution is 0.102. The van der Waals surface area contributed by atoms with Gasteiger partial charge in [-0.25, -0.2) is 4.98 Å². The van der Waals surface area contributed by atoms with E-state index in [1.807, 2.05) is 13.0 Å². The number of benzene rings is 1. The Labute approximate surface area is 128 Å². The Balaban J connectivity index is 2.08. The molecule has 6 heteroatoms. The van der Waals surface area contributed by atoms with E-state index >= 15 is 0 Å². The zero-order valence-corrected chi connectivity index (χ0v) is 12.6. The molecule has 21 heavy (non-hydrogen) atoms. The van der Waals surface area contributed by atoms with Gasteiger partial charge >= 0.3 is 0 Å². The van der Waals surface area contributed by atoms with E-state index in [0.29, 0.717) is 22.2 Å². The molecule has 1 aromatic heterocycles. The summed E-state index contributed by atoms with van der Waals surface area (Å²) >= 11 is 6.01. The first-order valence-corrected chi connectivity index (χ1v) is 6.86. The predicted octanol–water partition coefficient (Wildman–Crippen LogP) is 3.43.